The van der Waals surface area contributed by atoms with Gasteiger partial charge in [0.05, 0.1) is 25.9 Å². The number of aliphatic hydroxyl groups is 1. The normalized spacial score (nSPS) is 12.8. The number of nitrogen functional groups attached to an aromatic ring is 1. The standard InChI is InChI=1S/C18H24N5O6P/c1-18(2,29-30(25)26)12-6-4-5-11(9-12)10-23-15-13(20-17(23)27-3)14(19)21-16(22-15)28-8-7-24/h4-6,9,24,30H,7-8,10H2,1-3H3,(H,25,26)(H2,19,21,22). The summed E-state index contributed by atoms with van der Waals surface area (Å²) in [6.07, 6.45) is 0. The van der Waals surface area contributed by atoms with Crippen molar-refractivity contribution >= 4 is 25.2 Å². The first-order valence-corrected chi connectivity index (χ1v) is 10.3. The maximum absolute atomic E-state index is 11.2. The molecule has 1 aromatic carbocycles. The van der Waals surface area contributed by atoms with Crippen molar-refractivity contribution in [3.8, 4) is 12.0 Å². The number of methoxy groups -OCH3 is 1. The quantitative estimate of drug-likeness (QED) is 0.419. The maximum Gasteiger partial charge on any atom is 0.320 e. The summed E-state index contributed by atoms with van der Waals surface area (Å²) in [4.78, 5) is 21.9. The van der Waals surface area contributed by atoms with Crippen LogP contribution in [0.5, 0.6) is 12.0 Å². The van der Waals surface area contributed by atoms with Gasteiger partial charge in [0, 0.05) is 0 Å². The zero-order chi connectivity index (χ0) is 21.9. The third kappa shape index (κ3) is 4.71. The monoisotopic (exact) mass is 437 g/mol. The van der Waals surface area contributed by atoms with Gasteiger partial charge in [-0.25, -0.2) is 0 Å². The van der Waals surface area contributed by atoms with E-state index in [1.807, 2.05) is 24.3 Å². The Hall–Kier alpha value is -2.72. The molecule has 0 saturated carbocycles. The summed E-state index contributed by atoms with van der Waals surface area (Å²) in [5.74, 6) is 0.126. The van der Waals surface area contributed by atoms with E-state index < -0.39 is 13.9 Å². The second-order valence-electron chi connectivity index (χ2n) is 6.90. The van der Waals surface area contributed by atoms with Gasteiger partial charge in [0.25, 0.3) is 6.01 Å². The molecule has 0 spiro atoms. The highest BCUT2D eigenvalue weighted by Gasteiger charge is 2.24. The zero-order valence-corrected chi connectivity index (χ0v) is 17.8. The Bertz CT molecular complexity index is 1070. The predicted molar refractivity (Wildman–Crippen MR) is 110 cm³/mol. The number of aliphatic hydroxyl groups excluding tert-OH is 1. The van der Waals surface area contributed by atoms with Crippen molar-refractivity contribution in [2.75, 3.05) is 26.1 Å². The summed E-state index contributed by atoms with van der Waals surface area (Å²) in [5, 5.41) is 8.96. The number of benzene rings is 1. The number of hydrogen-bond acceptors (Lipinski definition) is 9. The average Bonchev–Trinajstić information content (AvgIpc) is 3.04. The van der Waals surface area contributed by atoms with Gasteiger partial charge < -0.3 is 25.2 Å². The number of hydrogen-bond donors (Lipinski definition) is 3. The fourth-order valence-electron chi connectivity index (χ4n) is 2.98. The van der Waals surface area contributed by atoms with Gasteiger partial charge in [-0.15, -0.1) is 0 Å². The zero-order valence-electron chi connectivity index (χ0n) is 16.8. The van der Waals surface area contributed by atoms with Crippen LogP contribution in [0.15, 0.2) is 24.3 Å². The lowest BCUT2D eigenvalue weighted by atomic mass is 9.96. The Morgan fingerprint density at radius 2 is 2.03 bits per heavy atom. The molecule has 0 saturated heterocycles. The molecular formula is C18H24N5O6P. The molecule has 0 aliphatic heterocycles. The third-order valence-electron chi connectivity index (χ3n) is 4.38. The summed E-state index contributed by atoms with van der Waals surface area (Å²) in [6.45, 7) is 3.61. The van der Waals surface area contributed by atoms with Crippen LogP contribution in [-0.2, 0) is 21.2 Å². The predicted octanol–water partition coefficient (Wildman–Crippen LogP) is 1.47. The molecule has 3 aromatic rings. The van der Waals surface area contributed by atoms with Gasteiger partial charge in [0.2, 0.25) is 0 Å². The van der Waals surface area contributed by atoms with Crippen molar-refractivity contribution in [3.63, 3.8) is 0 Å². The minimum Gasteiger partial charge on any atom is -0.468 e. The van der Waals surface area contributed by atoms with E-state index >= 15 is 0 Å². The summed E-state index contributed by atoms with van der Waals surface area (Å²) < 4.78 is 28.7. The van der Waals surface area contributed by atoms with Gasteiger partial charge in [0.15, 0.2) is 17.0 Å². The number of fused-ring (bicyclic) bond motifs is 1. The van der Waals surface area contributed by atoms with Gasteiger partial charge >= 0.3 is 14.3 Å². The first kappa shape index (κ1) is 22.0. The topological polar surface area (TPSA) is 155 Å². The largest absolute Gasteiger partial charge is 0.468 e. The lowest BCUT2D eigenvalue weighted by Gasteiger charge is -2.24. The van der Waals surface area contributed by atoms with Gasteiger partial charge in [-0.3, -0.25) is 13.7 Å². The number of nitrogens with two attached hydrogens (primary N) is 1. The molecule has 0 radical (unpaired) electrons. The Labute approximate surface area is 173 Å². The van der Waals surface area contributed by atoms with Crippen molar-refractivity contribution in [1.29, 1.82) is 0 Å². The first-order valence-electron chi connectivity index (χ1n) is 9.08. The van der Waals surface area contributed by atoms with Crippen LogP contribution in [0.2, 0.25) is 0 Å². The molecule has 0 aliphatic rings. The summed E-state index contributed by atoms with van der Waals surface area (Å²) >= 11 is 0. The lowest BCUT2D eigenvalue weighted by Crippen LogP contribution is -2.18. The van der Waals surface area contributed by atoms with E-state index in [1.54, 1.807) is 18.4 Å². The van der Waals surface area contributed by atoms with Crippen LogP contribution in [0.3, 0.4) is 0 Å². The van der Waals surface area contributed by atoms with Crippen molar-refractivity contribution in [2.45, 2.75) is 26.0 Å². The van der Waals surface area contributed by atoms with Crippen LogP contribution in [0, 0.1) is 0 Å². The van der Waals surface area contributed by atoms with Crippen LogP contribution in [0.1, 0.15) is 25.0 Å². The third-order valence-corrected chi connectivity index (χ3v) is 5.06. The second kappa shape index (κ2) is 8.97. The Morgan fingerprint density at radius 3 is 2.70 bits per heavy atom. The molecule has 0 amide bonds. The van der Waals surface area contributed by atoms with Crippen molar-refractivity contribution in [1.82, 2.24) is 19.5 Å². The van der Waals surface area contributed by atoms with Crippen LogP contribution in [-0.4, -0.2) is 49.8 Å². The molecule has 4 N–H and O–H groups in total. The highest BCUT2D eigenvalue weighted by molar-refractivity contribution is 7.32. The minimum atomic E-state index is -3.10. The maximum atomic E-state index is 11.2. The van der Waals surface area contributed by atoms with Gasteiger partial charge in [-0.1, -0.05) is 24.3 Å². The Kier molecular flexibility index (Phi) is 6.57. The fraction of sp³-hybridized carbons (Fsp3) is 0.389. The van der Waals surface area contributed by atoms with Crippen molar-refractivity contribution in [2.24, 2.45) is 0 Å². The van der Waals surface area contributed by atoms with Gasteiger partial charge in [-0.2, -0.15) is 15.0 Å². The number of nitrogens with zero attached hydrogens (tertiary/aromatic N) is 4. The number of ether oxygens (including phenoxy) is 2. The number of rotatable bonds is 9. The van der Waals surface area contributed by atoms with E-state index in [0.29, 0.717) is 17.7 Å². The molecular weight excluding hydrogens is 413 g/mol. The molecule has 0 bridgehead atoms. The number of anilines is 1. The van der Waals surface area contributed by atoms with Crippen LogP contribution < -0.4 is 15.2 Å². The van der Waals surface area contributed by atoms with Crippen LogP contribution in [0.4, 0.5) is 5.82 Å². The van der Waals surface area contributed by atoms with E-state index in [9.17, 15) is 4.57 Å². The van der Waals surface area contributed by atoms with E-state index in [0.717, 1.165) is 11.1 Å². The van der Waals surface area contributed by atoms with Crippen LogP contribution >= 0.6 is 8.25 Å². The smallest absolute Gasteiger partial charge is 0.320 e. The minimum absolute atomic E-state index is 0.0224. The molecule has 3 rings (SSSR count). The molecule has 1 atom stereocenters. The molecule has 2 heterocycles. The number of aromatic nitrogens is 4. The Morgan fingerprint density at radius 1 is 1.27 bits per heavy atom. The first-order chi connectivity index (χ1) is 14.2. The highest BCUT2D eigenvalue weighted by atomic mass is 31.1. The molecule has 1 unspecified atom stereocenters. The SMILES string of the molecule is COc1nc2c(N)nc(OCCO)nc2n1Cc1cccc(C(C)(C)O[PH](=O)O)c1. The molecule has 11 nitrogen and oxygen atoms in total. The van der Waals surface area contributed by atoms with E-state index in [-0.39, 0.29) is 31.1 Å². The van der Waals surface area contributed by atoms with E-state index in [2.05, 4.69) is 15.0 Å². The van der Waals surface area contributed by atoms with Crippen LogP contribution in [0.25, 0.3) is 11.2 Å². The molecule has 0 aliphatic carbocycles. The van der Waals surface area contributed by atoms with E-state index in [1.165, 1.54) is 7.11 Å². The summed E-state index contributed by atoms with van der Waals surface area (Å²) in [5.41, 5.74) is 7.41. The van der Waals surface area contributed by atoms with Gasteiger partial charge in [-0.05, 0) is 25.0 Å². The molecule has 2 aromatic heterocycles. The van der Waals surface area contributed by atoms with Gasteiger partial charge in [0.1, 0.15) is 6.61 Å². The molecule has 0 fully saturated rings. The highest BCUT2D eigenvalue weighted by Crippen LogP contribution is 2.35. The summed E-state index contributed by atoms with van der Waals surface area (Å²) in [6, 6.07) is 7.71. The summed E-state index contributed by atoms with van der Waals surface area (Å²) in [7, 11) is -1.62. The van der Waals surface area contributed by atoms with E-state index in [4.69, 9.17) is 29.7 Å². The lowest BCUT2D eigenvalue weighted by molar-refractivity contribution is 0.102. The van der Waals surface area contributed by atoms with Crippen molar-refractivity contribution < 1.29 is 28.6 Å². The fourth-order valence-corrected chi connectivity index (χ4v) is 3.54. The Balaban J connectivity index is 2.02. The molecule has 12 heteroatoms. The molecule has 30 heavy (non-hydrogen) atoms. The molecule has 162 valence electrons. The number of imidazole rings is 1. The second-order valence-corrected chi connectivity index (χ2v) is 7.63. The van der Waals surface area contributed by atoms with Crippen molar-refractivity contribution in [3.05, 3.63) is 35.4 Å². The average molecular weight is 437 g/mol.